The number of amides is 1. The second-order valence-corrected chi connectivity index (χ2v) is 6.35. The third-order valence-electron chi connectivity index (χ3n) is 3.51. The third-order valence-corrected chi connectivity index (χ3v) is 4.61. The number of carbonyl (C=O) groups is 1. The number of aromatic nitrogens is 2. The Morgan fingerprint density at radius 2 is 2.10 bits per heavy atom. The summed E-state index contributed by atoms with van der Waals surface area (Å²) in [6.07, 6.45) is 0.460. The molecule has 1 amide bonds. The van der Waals surface area contributed by atoms with Crippen molar-refractivity contribution < 1.29 is 4.79 Å². The number of nitrogens with two attached hydrogens (primary N) is 1. The largest absolute Gasteiger partial charge is 0.383 e. The monoisotopic (exact) mass is 307 g/mol. The zero-order valence-electron chi connectivity index (χ0n) is 12.9. The predicted molar refractivity (Wildman–Crippen MR) is 86.3 cm³/mol. The lowest BCUT2D eigenvalue weighted by molar-refractivity contribution is -0.120. The Morgan fingerprint density at radius 1 is 1.38 bits per heavy atom. The van der Waals surface area contributed by atoms with Gasteiger partial charge in [-0.1, -0.05) is 0 Å². The molecule has 2 aromatic heterocycles. The minimum atomic E-state index is 0.0299. The normalized spacial score (nSPS) is 11.3. The van der Waals surface area contributed by atoms with Crippen LogP contribution in [0.2, 0.25) is 0 Å². The fourth-order valence-electron chi connectivity index (χ4n) is 2.14. The van der Waals surface area contributed by atoms with Gasteiger partial charge in [-0.15, -0.1) is 11.3 Å². The zero-order valence-corrected chi connectivity index (χ0v) is 13.7. The Kier molecular flexibility index (Phi) is 4.74. The Bertz CT molecular complexity index is 667. The van der Waals surface area contributed by atoms with Crippen molar-refractivity contribution in [3.8, 4) is 0 Å². The van der Waals surface area contributed by atoms with E-state index in [9.17, 15) is 4.79 Å². The summed E-state index contributed by atoms with van der Waals surface area (Å²) in [4.78, 5) is 24.4. The molecule has 2 heterocycles. The molecule has 7 heteroatoms. The smallest absolute Gasteiger partial charge is 0.221 e. The standard InChI is InChI=1S/C14H21N5OS/c1-8-9(2)21-14-12(8)13(15)17-10(18-14)7-19(4)6-5-11(20)16-3/h5-7H2,1-4H3,(H,16,20)(H2,15,17,18). The van der Waals surface area contributed by atoms with Crippen LogP contribution in [0, 0.1) is 13.8 Å². The van der Waals surface area contributed by atoms with E-state index in [0.717, 1.165) is 15.8 Å². The number of fused-ring (bicyclic) bond motifs is 1. The first-order valence-corrected chi connectivity index (χ1v) is 7.65. The van der Waals surface area contributed by atoms with E-state index >= 15 is 0 Å². The van der Waals surface area contributed by atoms with E-state index < -0.39 is 0 Å². The molecule has 0 bridgehead atoms. The van der Waals surface area contributed by atoms with Crippen molar-refractivity contribution in [3.63, 3.8) is 0 Å². The fraction of sp³-hybridized carbons (Fsp3) is 0.500. The first-order valence-electron chi connectivity index (χ1n) is 6.83. The lowest BCUT2D eigenvalue weighted by Crippen LogP contribution is -2.27. The van der Waals surface area contributed by atoms with Gasteiger partial charge in [0.25, 0.3) is 0 Å². The summed E-state index contributed by atoms with van der Waals surface area (Å²) < 4.78 is 0. The van der Waals surface area contributed by atoms with Crippen molar-refractivity contribution in [1.29, 1.82) is 0 Å². The minimum absolute atomic E-state index is 0.0299. The van der Waals surface area contributed by atoms with Gasteiger partial charge in [-0.3, -0.25) is 9.69 Å². The second-order valence-electron chi connectivity index (χ2n) is 5.15. The molecule has 0 fully saturated rings. The highest BCUT2D eigenvalue weighted by molar-refractivity contribution is 7.18. The second kappa shape index (κ2) is 6.36. The highest BCUT2D eigenvalue weighted by atomic mass is 32.1. The molecule has 0 saturated heterocycles. The molecule has 0 radical (unpaired) electrons. The van der Waals surface area contributed by atoms with E-state index in [2.05, 4.69) is 22.2 Å². The van der Waals surface area contributed by atoms with E-state index in [0.29, 0.717) is 31.2 Å². The number of thiophene rings is 1. The van der Waals surface area contributed by atoms with Gasteiger partial charge in [0.1, 0.15) is 16.5 Å². The number of hydrogen-bond donors (Lipinski definition) is 2. The lowest BCUT2D eigenvalue weighted by Gasteiger charge is -2.15. The molecular formula is C14H21N5OS. The molecule has 0 aliphatic carbocycles. The molecule has 0 saturated carbocycles. The van der Waals surface area contributed by atoms with Gasteiger partial charge in [-0.2, -0.15) is 0 Å². The number of nitrogen functional groups attached to an aromatic ring is 1. The van der Waals surface area contributed by atoms with Gasteiger partial charge in [0.15, 0.2) is 0 Å². The summed E-state index contributed by atoms with van der Waals surface area (Å²) in [6, 6.07) is 0. The summed E-state index contributed by atoms with van der Waals surface area (Å²) in [6.45, 7) is 5.34. The average Bonchev–Trinajstić information content (AvgIpc) is 2.71. The molecular weight excluding hydrogens is 286 g/mol. The number of carbonyl (C=O) groups excluding carboxylic acids is 1. The number of anilines is 1. The molecule has 3 N–H and O–H groups in total. The number of nitrogens with zero attached hydrogens (tertiary/aromatic N) is 3. The van der Waals surface area contributed by atoms with Crippen molar-refractivity contribution in [1.82, 2.24) is 20.2 Å². The lowest BCUT2D eigenvalue weighted by atomic mass is 10.2. The van der Waals surface area contributed by atoms with Crippen LogP contribution in [0.15, 0.2) is 0 Å². The van der Waals surface area contributed by atoms with Gasteiger partial charge < -0.3 is 11.1 Å². The van der Waals surface area contributed by atoms with Crippen molar-refractivity contribution in [2.24, 2.45) is 0 Å². The third kappa shape index (κ3) is 3.48. The Hall–Kier alpha value is -1.73. The number of hydrogen-bond acceptors (Lipinski definition) is 6. The first kappa shape index (κ1) is 15.7. The minimum Gasteiger partial charge on any atom is -0.383 e. The van der Waals surface area contributed by atoms with Crippen molar-refractivity contribution in [3.05, 3.63) is 16.3 Å². The maximum atomic E-state index is 11.3. The SMILES string of the molecule is CNC(=O)CCN(C)Cc1nc(N)c2c(C)c(C)sc2n1. The van der Waals surface area contributed by atoms with E-state index in [1.54, 1.807) is 18.4 Å². The van der Waals surface area contributed by atoms with Gasteiger partial charge in [0, 0.05) is 24.9 Å². The van der Waals surface area contributed by atoms with Crippen molar-refractivity contribution in [2.45, 2.75) is 26.8 Å². The first-order chi connectivity index (χ1) is 9.92. The zero-order chi connectivity index (χ0) is 15.6. The molecule has 0 atom stereocenters. The van der Waals surface area contributed by atoms with Crippen LogP contribution in [-0.2, 0) is 11.3 Å². The Morgan fingerprint density at radius 3 is 2.76 bits per heavy atom. The van der Waals surface area contributed by atoms with E-state index in [1.165, 1.54) is 4.88 Å². The summed E-state index contributed by atoms with van der Waals surface area (Å²) >= 11 is 1.64. The van der Waals surface area contributed by atoms with Crippen molar-refractivity contribution >= 4 is 33.3 Å². The van der Waals surface area contributed by atoms with E-state index in [4.69, 9.17) is 5.73 Å². The molecule has 114 valence electrons. The van der Waals surface area contributed by atoms with Gasteiger partial charge in [-0.05, 0) is 26.5 Å². The van der Waals surface area contributed by atoms with Gasteiger partial charge >= 0.3 is 0 Å². The maximum absolute atomic E-state index is 11.3. The van der Waals surface area contributed by atoms with E-state index in [-0.39, 0.29) is 5.91 Å². The van der Waals surface area contributed by atoms with Crippen molar-refractivity contribution in [2.75, 3.05) is 26.4 Å². The van der Waals surface area contributed by atoms with Gasteiger partial charge in [0.05, 0.1) is 11.9 Å². The Balaban J connectivity index is 2.14. The molecule has 21 heavy (non-hydrogen) atoms. The van der Waals surface area contributed by atoms with Crippen LogP contribution in [-0.4, -0.2) is 41.4 Å². The molecule has 0 aromatic carbocycles. The average molecular weight is 307 g/mol. The van der Waals surface area contributed by atoms with Crippen LogP contribution in [0.5, 0.6) is 0 Å². The van der Waals surface area contributed by atoms with Crippen LogP contribution in [0.4, 0.5) is 5.82 Å². The van der Waals surface area contributed by atoms with Crippen LogP contribution < -0.4 is 11.1 Å². The molecule has 0 unspecified atom stereocenters. The summed E-state index contributed by atoms with van der Waals surface area (Å²) in [5.41, 5.74) is 7.22. The highest BCUT2D eigenvalue weighted by Gasteiger charge is 2.13. The summed E-state index contributed by atoms with van der Waals surface area (Å²) in [7, 11) is 3.58. The number of rotatable bonds is 5. The predicted octanol–water partition coefficient (Wildman–Crippen LogP) is 1.46. The van der Waals surface area contributed by atoms with Crippen LogP contribution in [0.3, 0.4) is 0 Å². The molecule has 2 aromatic rings. The molecule has 0 spiro atoms. The topological polar surface area (TPSA) is 84.1 Å². The molecule has 6 nitrogen and oxygen atoms in total. The number of aryl methyl sites for hydroxylation is 2. The maximum Gasteiger partial charge on any atom is 0.221 e. The Labute approximate surface area is 128 Å². The number of nitrogens with one attached hydrogen (secondary N) is 1. The summed E-state index contributed by atoms with van der Waals surface area (Å²) in [5, 5.41) is 3.58. The molecule has 0 aliphatic heterocycles. The van der Waals surface area contributed by atoms with E-state index in [1.807, 2.05) is 18.9 Å². The molecule has 2 rings (SSSR count). The van der Waals surface area contributed by atoms with Gasteiger partial charge in [-0.25, -0.2) is 9.97 Å². The highest BCUT2D eigenvalue weighted by Crippen LogP contribution is 2.31. The van der Waals surface area contributed by atoms with Crippen LogP contribution in [0.25, 0.3) is 10.2 Å². The molecule has 0 aliphatic rings. The fourth-order valence-corrected chi connectivity index (χ4v) is 3.19. The van der Waals surface area contributed by atoms with Crippen LogP contribution >= 0.6 is 11.3 Å². The van der Waals surface area contributed by atoms with Gasteiger partial charge in [0.2, 0.25) is 5.91 Å². The summed E-state index contributed by atoms with van der Waals surface area (Å²) in [5.74, 6) is 1.26. The van der Waals surface area contributed by atoms with Crippen LogP contribution in [0.1, 0.15) is 22.7 Å². The quantitative estimate of drug-likeness (QED) is 0.873.